The molecule has 0 radical (unpaired) electrons. The summed E-state index contributed by atoms with van der Waals surface area (Å²) in [7, 11) is 3.54. The Bertz CT molecular complexity index is 807. The van der Waals surface area contributed by atoms with Gasteiger partial charge in [0.1, 0.15) is 0 Å². The summed E-state index contributed by atoms with van der Waals surface area (Å²) in [5, 5.41) is 3.07. The van der Waals surface area contributed by atoms with E-state index in [2.05, 4.69) is 10.2 Å². The number of carbonyl (C=O) groups excluding carboxylic acids is 2. The first kappa shape index (κ1) is 19.9. The number of nitrogens with one attached hydrogen (secondary N) is 1. The Morgan fingerprint density at radius 1 is 0.929 bits per heavy atom. The normalized spacial score (nSPS) is 15.0. The number of amides is 3. The Kier molecular flexibility index (Phi) is 6.66. The monoisotopic (exact) mass is 380 g/mol. The van der Waals surface area contributed by atoms with Gasteiger partial charge in [-0.3, -0.25) is 9.69 Å². The summed E-state index contributed by atoms with van der Waals surface area (Å²) in [6.07, 6.45) is 0.856. The van der Waals surface area contributed by atoms with Gasteiger partial charge in [0.15, 0.2) is 0 Å². The topological polar surface area (TPSA) is 55.9 Å². The molecule has 0 spiro atoms. The lowest BCUT2D eigenvalue weighted by Gasteiger charge is -2.23. The summed E-state index contributed by atoms with van der Waals surface area (Å²) in [5.74, 6) is 0.0923. The standard InChI is InChI=1S/C22H28N4O2/c1-24(2)21(27)17-25-13-8-14-26(16-15-25)22(28)23-20-12-7-6-11-19(20)18-9-4-3-5-10-18/h3-7,9-12H,8,13-17H2,1-2H3,(H,23,28). The van der Waals surface area contributed by atoms with E-state index < -0.39 is 0 Å². The lowest BCUT2D eigenvalue weighted by atomic mass is 10.0. The third kappa shape index (κ3) is 5.10. The molecule has 6 nitrogen and oxygen atoms in total. The van der Waals surface area contributed by atoms with Gasteiger partial charge < -0.3 is 15.1 Å². The number of hydrogen-bond donors (Lipinski definition) is 1. The van der Waals surface area contributed by atoms with Crippen molar-refractivity contribution < 1.29 is 9.59 Å². The zero-order valence-electron chi connectivity index (χ0n) is 16.6. The summed E-state index contributed by atoms with van der Waals surface area (Å²) in [6.45, 7) is 3.22. The van der Waals surface area contributed by atoms with Crippen molar-refractivity contribution >= 4 is 17.6 Å². The zero-order valence-corrected chi connectivity index (χ0v) is 16.6. The van der Waals surface area contributed by atoms with Gasteiger partial charge in [0.05, 0.1) is 12.2 Å². The maximum Gasteiger partial charge on any atom is 0.321 e. The van der Waals surface area contributed by atoms with Crippen LogP contribution < -0.4 is 5.32 Å². The number of para-hydroxylation sites is 1. The molecule has 0 aliphatic carbocycles. The number of hydrogen-bond acceptors (Lipinski definition) is 3. The molecule has 3 rings (SSSR count). The highest BCUT2D eigenvalue weighted by Crippen LogP contribution is 2.27. The molecule has 1 aliphatic heterocycles. The smallest absolute Gasteiger partial charge is 0.321 e. The molecule has 1 saturated heterocycles. The molecule has 2 aromatic carbocycles. The van der Waals surface area contributed by atoms with Crippen molar-refractivity contribution in [3.8, 4) is 11.1 Å². The minimum Gasteiger partial charge on any atom is -0.348 e. The average molecular weight is 380 g/mol. The number of anilines is 1. The predicted octanol–water partition coefficient (Wildman–Crippen LogP) is 2.98. The van der Waals surface area contributed by atoms with E-state index in [1.54, 1.807) is 19.0 Å². The highest BCUT2D eigenvalue weighted by atomic mass is 16.2. The van der Waals surface area contributed by atoms with E-state index in [0.717, 1.165) is 29.8 Å². The molecule has 0 unspecified atom stereocenters. The van der Waals surface area contributed by atoms with Gasteiger partial charge in [-0.15, -0.1) is 0 Å². The Morgan fingerprint density at radius 3 is 2.39 bits per heavy atom. The number of likely N-dealkylation sites (N-methyl/N-ethyl adjacent to an activating group) is 1. The summed E-state index contributed by atoms with van der Waals surface area (Å²) in [6, 6.07) is 17.8. The average Bonchev–Trinajstić information content (AvgIpc) is 2.94. The molecule has 0 saturated carbocycles. The molecular formula is C22H28N4O2. The minimum absolute atomic E-state index is 0.0923. The number of rotatable bonds is 4. The first-order valence-electron chi connectivity index (χ1n) is 9.67. The second kappa shape index (κ2) is 9.37. The van der Waals surface area contributed by atoms with Crippen molar-refractivity contribution in [3.63, 3.8) is 0 Å². The molecule has 0 aromatic heterocycles. The van der Waals surface area contributed by atoms with Crippen molar-refractivity contribution in [2.24, 2.45) is 0 Å². The van der Waals surface area contributed by atoms with Crippen LogP contribution in [0.5, 0.6) is 0 Å². The van der Waals surface area contributed by atoms with E-state index in [1.807, 2.05) is 59.5 Å². The minimum atomic E-state index is -0.0934. The largest absolute Gasteiger partial charge is 0.348 e. The van der Waals surface area contributed by atoms with E-state index in [0.29, 0.717) is 26.2 Å². The van der Waals surface area contributed by atoms with Crippen LogP contribution in [0.25, 0.3) is 11.1 Å². The molecule has 6 heteroatoms. The molecule has 1 fully saturated rings. The lowest BCUT2D eigenvalue weighted by molar-refractivity contribution is -0.129. The van der Waals surface area contributed by atoms with Crippen molar-refractivity contribution in [1.29, 1.82) is 0 Å². The van der Waals surface area contributed by atoms with E-state index in [1.165, 1.54) is 0 Å². The molecule has 1 aliphatic rings. The second-order valence-corrected chi connectivity index (χ2v) is 7.25. The van der Waals surface area contributed by atoms with Crippen LogP contribution in [-0.4, -0.2) is 73.5 Å². The molecular weight excluding hydrogens is 352 g/mol. The first-order valence-corrected chi connectivity index (χ1v) is 9.67. The van der Waals surface area contributed by atoms with Crippen molar-refractivity contribution in [2.45, 2.75) is 6.42 Å². The van der Waals surface area contributed by atoms with Crippen LogP contribution in [0.1, 0.15) is 6.42 Å². The predicted molar refractivity (Wildman–Crippen MR) is 112 cm³/mol. The van der Waals surface area contributed by atoms with Crippen LogP contribution in [0.3, 0.4) is 0 Å². The van der Waals surface area contributed by atoms with Gasteiger partial charge in [-0.05, 0) is 18.1 Å². The summed E-state index contributed by atoms with van der Waals surface area (Å²) in [4.78, 5) is 30.4. The number of benzene rings is 2. The van der Waals surface area contributed by atoms with Crippen molar-refractivity contribution in [3.05, 3.63) is 54.6 Å². The van der Waals surface area contributed by atoms with Crippen LogP contribution in [0.4, 0.5) is 10.5 Å². The van der Waals surface area contributed by atoms with Gasteiger partial charge in [0, 0.05) is 45.8 Å². The van der Waals surface area contributed by atoms with Gasteiger partial charge in [0.2, 0.25) is 5.91 Å². The van der Waals surface area contributed by atoms with E-state index in [4.69, 9.17) is 0 Å². The summed E-state index contributed by atoms with van der Waals surface area (Å²) in [5.41, 5.74) is 2.88. The molecule has 1 N–H and O–H groups in total. The van der Waals surface area contributed by atoms with E-state index in [9.17, 15) is 9.59 Å². The second-order valence-electron chi connectivity index (χ2n) is 7.25. The fourth-order valence-electron chi connectivity index (χ4n) is 3.32. The van der Waals surface area contributed by atoms with Crippen LogP contribution in [-0.2, 0) is 4.79 Å². The molecule has 0 bridgehead atoms. The Balaban J connectivity index is 1.64. The molecule has 2 aromatic rings. The molecule has 28 heavy (non-hydrogen) atoms. The quantitative estimate of drug-likeness (QED) is 0.887. The molecule has 1 heterocycles. The SMILES string of the molecule is CN(C)C(=O)CN1CCCN(C(=O)Nc2ccccc2-c2ccccc2)CC1. The highest BCUT2D eigenvalue weighted by molar-refractivity contribution is 5.94. The third-order valence-corrected chi connectivity index (χ3v) is 4.99. The Labute approximate surface area is 166 Å². The maximum atomic E-state index is 12.9. The third-order valence-electron chi connectivity index (χ3n) is 4.99. The van der Waals surface area contributed by atoms with Crippen molar-refractivity contribution in [2.75, 3.05) is 52.1 Å². The van der Waals surface area contributed by atoms with E-state index in [-0.39, 0.29) is 11.9 Å². The summed E-state index contributed by atoms with van der Waals surface area (Å²) >= 11 is 0. The van der Waals surface area contributed by atoms with Crippen LogP contribution in [0.2, 0.25) is 0 Å². The Morgan fingerprint density at radius 2 is 1.64 bits per heavy atom. The maximum absolute atomic E-state index is 12.9. The van der Waals surface area contributed by atoms with Gasteiger partial charge in [-0.1, -0.05) is 48.5 Å². The summed E-state index contributed by atoms with van der Waals surface area (Å²) < 4.78 is 0. The zero-order chi connectivity index (χ0) is 19.9. The van der Waals surface area contributed by atoms with Gasteiger partial charge >= 0.3 is 6.03 Å². The fourth-order valence-corrected chi connectivity index (χ4v) is 3.32. The molecule has 3 amide bonds. The van der Waals surface area contributed by atoms with Gasteiger partial charge in [-0.2, -0.15) is 0 Å². The van der Waals surface area contributed by atoms with Crippen LogP contribution in [0.15, 0.2) is 54.6 Å². The molecule has 0 atom stereocenters. The first-order chi connectivity index (χ1) is 13.5. The van der Waals surface area contributed by atoms with Crippen LogP contribution >= 0.6 is 0 Å². The number of urea groups is 1. The lowest BCUT2D eigenvalue weighted by Crippen LogP contribution is -2.40. The Hall–Kier alpha value is -2.86. The molecule has 148 valence electrons. The van der Waals surface area contributed by atoms with E-state index >= 15 is 0 Å². The van der Waals surface area contributed by atoms with Gasteiger partial charge in [0.25, 0.3) is 0 Å². The van der Waals surface area contributed by atoms with Crippen LogP contribution in [0, 0.1) is 0 Å². The number of nitrogens with zero attached hydrogens (tertiary/aromatic N) is 3. The fraction of sp³-hybridized carbons (Fsp3) is 0.364. The number of carbonyl (C=O) groups is 2. The highest BCUT2D eigenvalue weighted by Gasteiger charge is 2.21. The van der Waals surface area contributed by atoms with Gasteiger partial charge in [-0.25, -0.2) is 4.79 Å². The van der Waals surface area contributed by atoms with Crippen molar-refractivity contribution in [1.82, 2.24) is 14.7 Å².